The van der Waals surface area contributed by atoms with E-state index in [9.17, 15) is 0 Å². The summed E-state index contributed by atoms with van der Waals surface area (Å²) in [5.41, 5.74) is 17.2. The van der Waals surface area contributed by atoms with Gasteiger partial charge in [0.15, 0.2) is 0 Å². The second-order valence-electron chi connectivity index (χ2n) is 17.2. The zero-order valence-corrected chi connectivity index (χ0v) is 39.3. The molecule has 8 bridgehead atoms. The van der Waals surface area contributed by atoms with E-state index in [0.29, 0.717) is 0 Å². The zero-order chi connectivity index (χ0) is 45.3. The van der Waals surface area contributed by atoms with Gasteiger partial charge in [0.1, 0.15) is 29.3 Å². The van der Waals surface area contributed by atoms with Crippen LogP contribution < -0.4 is 28.3 Å². The van der Waals surface area contributed by atoms with E-state index in [1.54, 1.807) is 0 Å². The van der Waals surface area contributed by atoms with E-state index >= 15 is 0 Å². The van der Waals surface area contributed by atoms with Crippen LogP contribution in [0.2, 0.25) is 0 Å². The summed E-state index contributed by atoms with van der Waals surface area (Å²) in [5, 5.41) is 3.96. The van der Waals surface area contributed by atoms with Crippen molar-refractivity contribution in [2.24, 2.45) is 0 Å². The van der Waals surface area contributed by atoms with Gasteiger partial charge in [-0.05, 0) is 101 Å². The van der Waals surface area contributed by atoms with Crippen LogP contribution in [0.1, 0.15) is 22.8 Å². The average molecular weight is 926 g/mol. The molecular formula is C63H46ClN4P. The Morgan fingerprint density at radius 1 is 0.319 bits per heavy atom. The minimum Gasteiger partial charge on any atom is -1.00 e. The van der Waals surface area contributed by atoms with Gasteiger partial charge in [0.05, 0.1) is 22.8 Å². The van der Waals surface area contributed by atoms with Crippen LogP contribution in [0.4, 0.5) is 0 Å². The first-order valence-corrected chi connectivity index (χ1v) is 25.1. The molecule has 5 heterocycles. The van der Waals surface area contributed by atoms with E-state index in [2.05, 4.69) is 265 Å². The average Bonchev–Trinajstić information content (AvgIpc) is 4.26. The lowest BCUT2D eigenvalue weighted by molar-refractivity contribution is -0.0000129. The maximum atomic E-state index is 5.93. The van der Waals surface area contributed by atoms with E-state index < -0.39 is 7.26 Å². The molecule has 2 aliphatic rings. The molecule has 7 aromatic carbocycles. The fraction of sp³-hybridized carbons (Fsp3) is 0.0159. The van der Waals surface area contributed by atoms with Crippen molar-refractivity contribution in [3.8, 4) is 44.5 Å². The summed E-state index contributed by atoms with van der Waals surface area (Å²) < 4.78 is 0. The van der Waals surface area contributed by atoms with E-state index in [1.165, 1.54) is 21.5 Å². The molecule has 0 fully saturated rings. The minimum absolute atomic E-state index is 0. The number of nitrogens with one attached hydrogen (secondary N) is 2. The van der Waals surface area contributed by atoms with Gasteiger partial charge in [-0.15, -0.1) is 0 Å². The number of rotatable bonds is 9. The fourth-order valence-electron chi connectivity index (χ4n) is 10.1. The van der Waals surface area contributed by atoms with Gasteiger partial charge in [-0.3, -0.25) is 0 Å². The van der Waals surface area contributed by atoms with Crippen LogP contribution in [0.3, 0.4) is 0 Å². The van der Waals surface area contributed by atoms with Crippen molar-refractivity contribution in [2.45, 2.75) is 0 Å². The highest BCUT2D eigenvalue weighted by Crippen LogP contribution is 2.59. The number of benzene rings is 7. The zero-order valence-electron chi connectivity index (χ0n) is 37.7. The lowest BCUT2D eigenvalue weighted by Gasteiger charge is -2.28. The van der Waals surface area contributed by atoms with Crippen molar-refractivity contribution in [1.29, 1.82) is 0 Å². The smallest absolute Gasteiger partial charge is 0.116 e. The summed E-state index contributed by atoms with van der Waals surface area (Å²) >= 11 is 0. The molecule has 6 heteroatoms. The number of halogens is 1. The van der Waals surface area contributed by atoms with Gasteiger partial charge in [-0.1, -0.05) is 176 Å². The summed E-state index contributed by atoms with van der Waals surface area (Å²) in [6.07, 6.45) is 7.45. The Labute approximate surface area is 409 Å². The van der Waals surface area contributed by atoms with Gasteiger partial charge < -0.3 is 22.4 Å². The Hall–Kier alpha value is -8.14. The monoisotopic (exact) mass is 924 g/mol. The molecule has 0 saturated carbocycles. The van der Waals surface area contributed by atoms with E-state index in [0.717, 1.165) is 95.5 Å². The molecule has 0 atom stereocenters. The largest absolute Gasteiger partial charge is 1.00 e. The topological polar surface area (TPSA) is 57.4 Å². The highest BCUT2D eigenvalue weighted by atomic mass is 35.5. The van der Waals surface area contributed by atoms with Crippen LogP contribution >= 0.6 is 7.26 Å². The molecule has 0 aliphatic carbocycles. The third-order valence-electron chi connectivity index (χ3n) is 13.2. The fourth-order valence-corrected chi connectivity index (χ4v) is 14.4. The summed E-state index contributed by atoms with van der Waals surface area (Å²) in [6, 6.07) is 85.1. The summed E-state index contributed by atoms with van der Waals surface area (Å²) in [4.78, 5) is 19.4. The molecule has 0 radical (unpaired) electrons. The number of hydrogen-bond donors (Lipinski definition) is 2. The lowest BCUT2D eigenvalue weighted by Crippen LogP contribution is -3.00. The third-order valence-corrected chi connectivity index (χ3v) is 17.5. The molecule has 4 nitrogen and oxygen atoms in total. The minimum atomic E-state index is -2.40. The van der Waals surface area contributed by atoms with Crippen LogP contribution in [0.25, 0.3) is 90.4 Å². The lowest BCUT2D eigenvalue weighted by atomic mass is 10.0. The van der Waals surface area contributed by atoms with Crippen LogP contribution in [-0.2, 0) is 0 Å². The van der Waals surface area contributed by atoms with Gasteiger partial charge >= 0.3 is 0 Å². The number of aromatic amines is 2. The molecule has 12 rings (SSSR count). The number of fused-ring (bicyclic) bond motifs is 8. The van der Waals surface area contributed by atoms with Gasteiger partial charge in [-0.2, -0.15) is 0 Å². The van der Waals surface area contributed by atoms with Crippen molar-refractivity contribution < 1.29 is 12.4 Å². The second-order valence-corrected chi connectivity index (χ2v) is 20.7. The molecule has 330 valence electrons. The Bertz CT molecular complexity index is 3570. The Morgan fingerprint density at radius 2 is 0.623 bits per heavy atom. The Balaban J connectivity index is 0.00000520. The predicted octanol–water partition coefficient (Wildman–Crippen LogP) is 11.7. The van der Waals surface area contributed by atoms with Gasteiger partial charge in [0, 0.05) is 49.9 Å². The molecular weight excluding hydrogens is 879 g/mol. The van der Waals surface area contributed by atoms with Crippen molar-refractivity contribution >= 4 is 69.0 Å². The van der Waals surface area contributed by atoms with Crippen molar-refractivity contribution in [2.75, 3.05) is 6.16 Å². The van der Waals surface area contributed by atoms with Crippen molar-refractivity contribution in [1.82, 2.24) is 19.9 Å². The number of hydrogen-bond acceptors (Lipinski definition) is 2. The molecule has 69 heavy (non-hydrogen) atoms. The highest BCUT2D eigenvalue weighted by molar-refractivity contribution is 7.96. The molecule has 0 unspecified atom stereocenters. The standard InChI is InChI=1S/C63H46N4P.ClH/c1-8-22-44(23-9-1)59-52-36-37-53(64-52)60(45-24-10-2-11-25-45)55-40-41-57(66-55)62(47-28-14-4-15-29-47)63-48(42-58(67-63)61(46-26-12-3-13-27-46)56-39-38-54(59)65-56)43-68(49-30-16-5-17-31-49,50-32-18-6-19-33-50)51-34-20-7-21-35-51;/h1-42,65-66H,43H2;1H/q+1;/p-1. The van der Waals surface area contributed by atoms with Gasteiger partial charge in [0.25, 0.3) is 0 Å². The molecule has 10 aromatic rings. The van der Waals surface area contributed by atoms with E-state index in [-0.39, 0.29) is 12.4 Å². The quantitative estimate of drug-likeness (QED) is 0.142. The third kappa shape index (κ3) is 8.04. The number of allylic oxidation sites excluding steroid dienone is 1. The number of H-pyrrole nitrogens is 2. The first-order valence-electron chi connectivity index (χ1n) is 23.2. The summed E-state index contributed by atoms with van der Waals surface area (Å²) in [7, 11) is -2.40. The SMILES string of the molecule is C1=Cc2nc1c(-c1ccccc1)c1ccc([nH]1)c(-c1ccccc1)c1nc(c(-c3ccccc3)c3ccc([nH]3)c2-c2ccccc2)C(C[P+](c2ccccc2)(c2ccccc2)c2ccccc2)=C1.[Cl-]. The number of aromatic nitrogens is 4. The Kier molecular flexibility index (Phi) is 11.9. The van der Waals surface area contributed by atoms with Gasteiger partial charge in [-0.25, -0.2) is 9.97 Å². The van der Waals surface area contributed by atoms with Crippen molar-refractivity contribution in [3.05, 3.63) is 259 Å². The van der Waals surface area contributed by atoms with Crippen LogP contribution in [-0.4, -0.2) is 26.1 Å². The van der Waals surface area contributed by atoms with Crippen LogP contribution in [0.5, 0.6) is 0 Å². The highest BCUT2D eigenvalue weighted by Gasteiger charge is 2.47. The maximum absolute atomic E-state index is 5.93. The number of nitrogens with zero attached hydrogens (tertiary/aromatic N) is 2. The van der Waals surface area contributed by atoms with E-state index in [4.69, 9.17) is 9.97 Å². The molecule has 2 N–H and O–H groups in total. The van der Waals surface area contributed by atoms with Gasteiger partial charge in [0.2, 0.25) is 0 Å². The predicted molar refractivity (Wildman–Crippen MR) is 290 cm³/mol. The Morgan fingerprint density at radius 3 is 0.986 bits per heavy atom. The summed E-state index contributed by atoms with van der Waals surface area (Å²) in [5.74, 6) is 0. The molecule has 0 spiro atoms. The normalized spacial score (nSPS) is 12.0. The first-order chi connectivity index (χ1) is 33.7. The first kappa shape index (κ1) is 43.4. The summed E-state index contributed by atoms with van der Waals surface area (Å²) in [6.45, 7) is 0. The van der Waals surface area contributed by atoms with Crippen LogP contribution in [0.15, 0.2) is 237 Å². The van der Waals surface area contributed by atoms with E-state index in [1.807, 2.05) is 0 Å². The van der Waals surface area contributed by atoms with Crippen molar-refractivity contribution in [3.63, 3.8) is 0 Å². The molecule has 0 saturated heterocycles. The van der Waals surface area contributed by atoms with Crippen LogP contribution in [0, 0.1) is 0 Å². The molecule has 3 aromatic heterocycles. The second kappa shape index (κ2) is 18.9. The molecule has 0 amide bonds. The maximum Gasteiger partial charge on any atom is 0.116 e. The molecule has 2 aliphatic heterocycles.